The van der Waals surface area contributed by atoms with Crippen LogP contribution in [0.15, 0.2) is 60.7 Å². The summed E-state index contributed by atoms with van der Waals surface area (Å²) in [7, 11) is 0. The molecule has 0 bridgehead atoms. The fraction of sp³-hybridized carbons (Fsp3) is 0.304. The van der Waals surface area contributed by atoms with Crippen LogP contribution < -0.4 is 16.0 Å². The average molecular weight is 474 g/mol. The summed E-state index contributed by atoms with van der Waals surface area (Å²) < 4.78 is 0. The van der Waals surface area contributed by atoms with Gasteiger partial charge in [0.05, 0.1) is 6.04 Å². The number of carboxylic acids is 2. The van der Waals surface area contributed by atoms with Gasteiger partial charge in [-0.15, -0.1) is 0 Å². The molecule has 0 aliphatic rings. The van der Waals surface area contributed by atoms with Crippen LogP contribution in [0.4, 0.5) is 5.69 Å². The number of thioether (sulfide) groups is 1. The number of hydrogen-bond donors (Lipinski definition) is 4. The Labute approximate surface area is 196 Å². The molecule has 0 heterocycles. The summed E-state index contributed by atoms with van der Waals surface area (Å²) >= 11 is 1.40. The van der Waals surface area contributed by atoms with Crippen molar-refractivity contribution in [2.24, 2.45) is 5.73 Å². The Hall–Kier alpha value is -3.37. The molecule has 0 unspecified atom stereocenters. The minimum Gasteiger partial charge on any atom is -0.481 e. The second kappa shape index (κ2) is 13.2. The van der Waals surface area contributed by atoms with E-state index in [4.69, 9.17) is 10.8 Å². The van der Waals surface area contributed by atoms with Crippen molar-refractivity contribution in [3.8, 4) is 0 Å². The van der Waals surface area contributed by atoms with E-state index in [1.807, 2.05) is 30.3 Å². The van der Waals surface area contributed by atoms with Crippen LogP contribution in [0.25, 0.3) is 0 Å². The molecule has 5 N–H and O–H groups in total. The molecular formula is C23H27N3O6S. The Balaban J connectivity index is 2.18. The molecule has 0 radical (unpaired) electrons. The second-order valence-corrected chi connectivity index (χ2v) is 8.28. The smallest absolute Gasteiger partial charge is 0.323 e. The maximum atomic E-state index is 13.3. The number of rotatable bonds is 13. The van der Waals surface area contributed by atoms with Crippen LogP contribution in [0.3, 0.4) is 0 Å². The number of para-hydroxylation sites is 1. The summed E-state index contributed by atoms with van der Waals surface area (Å²) in [4.78, 5) is 49.2. The van der Waals surface area contributed by atoms with Crippen molar-refractivity contribution >= 4 is 41.2 Å². The van der Waals surface area contributed by atoms with Gasteiger partial charge in [-0.2, -0.15) is 11.8 Å². The summed E-state index contributed by atoms with van der Waals surface area (Å²) in [5.41, 5.74) is 7.21. The van der Waals surface area contributed by atoms with Gasteiger partial charge in [0.1, 0.15) is 12.6 Å². The van der Waals surface area contributed by atoms with Crippen molar-refractivity contribution in [2.45, 2.75) is 30.7 Å². The third kappa shape index (κ3) is 8.95. The van der Waals surface area contributed by atoms with Crippen LogP contribution in [0.2, 0.25) is 0 Å². The molecule has 2 amide bonds. The average Bonchev–Trinajstić information content (AvgIpc) is 2.80. The van der Waals surface area contributed by atoms with Gasteiger partial charge >= 0.3 is 11.9 Å². The summed E-state index contributed by atoms with van der Waals surface area (Å²) in [6, 6.07) is 15.7. The highest BCUT2D eigenvalue weighted by molar-refractivity contribution is 7.98. The number of carbonyl (C=O) groups is 4. The number of aliphatic carboxylic acids is 2. The first-order valence-corrected chi connectivity index (χ1v) is 11.4. The van der Waals surface area contributed by atoms with E-state index in [2.05, 4.69) is 5.32 Å². The Kier molecular flexibility index (Phi) is 10.4. The number of hydrogen-bond acceptors (Lipinski definition) is 6. The molecule has 0 aliphatic carbocycles. The lowest BCUT2D eigenvalue weighted by Crippen LogP contribution is -2.54. The molecule has 2 rings (SSSR count). The predicted molar refractivity (Wildman–Crippen MR) is 126 cm³/mol. The molecule has 10 heteroatoms. The van der Waals surface area contributed by atoms with Crippen molar-refractivity contribution in [1.82, 2.24) is 5.32 Å². The molecule has 9 nitrogen and oxygen atoms in total. The summed E-state index contributed by atoms with van der Waals surface area (Å²) in [5, 5.41) is 20.7. The van der Waals surface area contributed by atoms with E-state index in [1.165, 1.54) is 11.8 Å². The van der Waals surface area contributed by atoms with E-state index in [0.717, 1.165) is 10.5 Å². The van der Waals surface area contributed by atoms with Crippen molar-refractivity contribution in [1.29, 1.82) is 0 Å². The topological polar surface area (TPSA) is 150 Å². The summed E-state index contributed by atoms with van der Waals surface area (Å²) in [6.07, 6.45) is -0.373. The van der Waals surface area contributed by atoms with Gasteiger partial charge in [-0.1, -0.05) is 48.5 Å². The molecular weight excluding hydrogens is 446 g/mol. The van der Waals surface area contributed by atoms with Crippen LogP contribution in [0, 0.1) is 0 Å². The van der Waals surface area contributed by atoms with Crippen molar-refractivity contribution in [2.75, 3.05) is 17.2 Å². The van der Waals surface area contributed by atoms with Gasteiger partial charge in [0.2, 0.25) is 5.91 Å². The molecule has 0 saturated heterocycles. The summed E-state index contributed by atoms with van der Waals surface area (Å²) in [5.74, 6) is -2.79. The van der Waals surface area contributed by atoms with Gasteiger partial charge in [0, 0.05) is 23.6 Å². The molecule has 2 aromatic carbocycles. The zero-order chi connectivity index (χ0) is 24.2. The lowest BCUT2D eigenvalue weighted by Gasteiger charge is -2.27. The van der Waals surface area contributed by atoms with Gasteiger partial charge in [-0.3, -0.25) is 24.1 Å². The zero-order valence-electron chi connectivity index (χ0n) is 17.9. The first-order chi connectivity index (χ1) is 15.8. The van der Waals surface area contributed by atoms with E-state index in [-0.39, 0.29) is 18.6 Å². The maximum absolute atomic E-state index is 13.3. The highest BCUT2D eigenvalue weighted by atomic mass is 32.2. The lowest BCUT2D eigenvalue weighted by atomic mass is 10.1. The van der Waals surface area contributed by atoms with Crippen LogP contribution in [0.1, 0.15) is 18.4 Å². The molecule has 2 aromatic rings. The predicted octanol–water partition coefficient (Wildman–Crippen LogP) is 1.71. The van der Waals surface area contributed by atoms with Gasteiger partial charge in [-0.25, -0.2) is 0 Å². The number of amides is 2. The second-order valence-electron chi connectivity index (χ2n) is 7.25. The minimum absolute atomic E-state index is 0.0865. The molecule has 0 fully saturated rings. The van der Waals surface area contributed by atoms with E-state index in [1.54, 1.807) is 30.3 Å². The molecule has 176 valence electrons. The molecule has 33 heavy (non-hydrogen) atoms. The zero-order valence-corrected chi connectivity index (χ0v) is 18.7. The van der Waals surface area contributed by atoms with Gasteiger partial charge in [0.25, 0.3) is 5.91 Å². The van der Waals surface area contributed by atoms with E-state index < -0.39 is 42.4 Å². The quantitative estimate of drug-likeness (QED) is 0.343. The van der Waals surface area contributed by atoms with Crippen molar-refractivity contribution in [3.63, 3.8) is 0 Å². The third-order valence-electron chi connectivity index (χ3n) is 4.64. The molecule has 0 aromatic heterocycles. The number of nitrogens with two attached hydrogens (primary N) is 1. The molecule has 2 atom stereocenters. The number of carboxylic acid groups (broad SMARTS) is 2. The normalized spacial score (nSPS) is 12.4. The van der Waals surface area contributed by atoms with Gasteiger partial charge in [0.15, 0.2) is 0 Å². The van der Waals surface area contributed by atoms with Gasteiger partial charge in [-0.05, 0) is 24.1 Å². The fourth-order valence-corrected chi connectivity index (χ4v) is 3.97. The highest BCUT2D eigenvalue weighted by Gasteiger charge is 2.30. The lowest BCUT2D eigenvalue weighted by molar-refractivity contribution is -0.137. The van der Waals surface area contributed by atoms with E-state index >= 15 is 0 Å². The highest BCUT2D eigenvalue weighted by Crippen LogP contribution is 2.18. The van der Waals surface area contributed by atoms with E-state index in [0.29, 0.717) is 11.4 Å². The number of nitrogens with zero attached hydrogens (tertiary/aromatic N) is 1. The molecule has 0 spiro atoms. The van der Waals surface area contributed by atoms with Crippen LogP contribution in [-0.2, 0) is 24.9 Å². The van der Waals surface area contributed by atoms with Crippen molar-refractivity contribution in [3.05, 3.63) is 66.2 Å². The first kappa shape index (κ1) is 25.9. The van der Waals surface area contributed by atoms with Crippen LogP contribution >= 0.6 is 11.8 Å². The fourth-order valence-electron chi connectivity index (χ4n) is 2.96. The van der Waals surface area contributed by atoms with Crippen molar-refractivity contribution < 1.29 is 29.4 Å². The number of nitrogens with one attached hydrogen (secondary N) is 1. The SMILES string of the molecule is N[C@@H](CCC(=O)O)C(=O)N[C@@H](CSCc1ccccc1)C(=O)N(CC(=O)O)c1ccccc1. The minimum atomic E-state index is -1.20. The Bertz CT molecular complexity index is 942. The monoisotopic (exact) mass is 473 g/mol. The molecule has 0 saturated carbocycles. The van der Waals surface area contributed by atoms with E-state index in [9.17, 15) is 24.3 Å². The number of carbonyl (C=O) groups excluding carboxylic acids is 2. The third-order valence-corrected chi connectivity index (χ3v) is 5.75. The Morgan fingerprint density at radius 3 is 2.12 bits per heavy atom. The summed E-state index contributed by atoms with van der Waals surface area (Å²) in [6.45, 7) is -0.580. The number of benzene rings is 2. The van der Waals surface area contributed by atoms with Crippen LogP contribution in [0.5, 0.6) is 0 Å². The number of anilines is 1. The first-order valence-electron chi connectivity index (χ1n) is 10.3. The maximum Gasteiger partial charge on any atom is 0.323 e. The Morgan fingerprint density at radius 1 is 0.939 bits per heavy atom. The standard InChI is InChI=1S/C23H27N3O6S/c24-18(11-12-20(27)28)22(31)25-19(15-33-14-16-7-3-1-4-8-16)23(32)26(13-21(29)30)17-9-5-2-6-10-17/h1-10,18-19H,11-15,24H2,(H,25,31)(H,27,28)(H,29,30)/t18-,19-/m0/s1. The van der Waals surface area contributed by atoms with Crippen LogP contribution in [-0.4, -0.2) is 58.3 Å². The van der Waals surface area contributed by atoms with Gasteiger partial charge < -0.3 is 21.3 Å². The molecule has 0 aliphatic heterocycles. The largest absolute Gasteiger partial charge is 0.481 e. The Morgan fingerprint density at radius 2 is 1.55 bits per heavy atom.